The average molecular weight is 389 g/mol. The number of hydrogen-bond acceptors (Lipinski definition) is 3. The predicted molar refractivity (Wildman–Crippen MR) is 98.9 cm³/mol. The molecule has 2 aromatic rings. The summed E-state index contributed by atoms with van der Waals surface area (Å²) in [7, 11) is 0. The second kappa shape index (κ2) is 8.15. The molecule has 1 aliphatic rings. The number of amides is 2. The smallest absolute Gasteiger partial charge is 0.315 e. The molecule has 2 N–H and O–H groups in total. The highest BCUT2D eigenvalue weighted by Crippen LogP contribution is 2.25. The number of benzene rings is 1. The molecule has 1 fully saturated rings. The van der Waals surface area contributed by atoms with Crippen LogP contribution in [0, 0.1) is 5.92 Å². The molecule has 2 amide bonds. The fourth-order valence-electron chi connectivity index (χ4n) is 2.89. The maximum absolute atomic E-state index is 11.9. The standard InChI is InChI=1S/C18H21BrN4O/c19-16-2-1-3-17(10-16)23-9-6-15(13-23)12-22-18(24)21-11-14-4-7-20-8-5-14/h1-5,7-8,10,15H,6,9,11-13H2,(H2,21,22,24). The quantitative estimate of drug-likeness (QED) is 0.826. The molecule has 2 heterocycles. The van der Waals surface area contributed by atoms with E-state index in [1.807, 2.05) is 18.2 Å². The first-order chi connectivity index (χ1) is 11.7. The second-order valence-electron chi connectivity index (χ2n) is 6.00. The van der Waals surface area contributed by atoms with E-state index in [2.05, 4.69) is 54.6 Å². The van der Waals surface area contributed by atoms with Gasteiger partial charge < -0.3 is 15.5 Å². The Morgan fingerprint density at radius 2 is 2.08 bits per heavy atom. The van der Waals surface area contributed by atoms with Crippen LogP contribution in [0.15, 0.2) is 53.3 Å². The largest absolute Gasteiger partial charge is 0.371 e. The van der Waals surface area contributed by atoms with Gasteiger partial charge in [-0.1, -0.05) is 22.0 Å². The minimum absolute atomic E-state index is 0.118. The van der Waals surface area contributed by atoms with Crippen LogP contribution < -0.4 is 15.5 Å². The third kappa shape index (κ3) is 4.71. The zero-order chi connectivity index (χ0) is 16.8. The van der Waals surface area contributed by atoms with Gasteiger partial charge in [0.1, 0.15) is 0 Å². The molecule has 24 heavy (non-hydrogen) atoms. The summed E-state index contributed by atoms with van der Waals surface area (Å²) in [5.74, 6) is 0.482. The third-order valence-electron chi connectivity index (χ3n) is 4.21. The zero-order valence-corrected chi connectivity index (χ0v) is 15.0. The minimum Gasteiger partial charge on any atom is -0.371 e. The Morgan fingerprint density at radius 1 is 1.25 bits per heavy atom. The summed E-state index contributed by atoms with van der Waals surface area (Å²) < 4.78 is 1.09. The fourth-order valence-corrected chi connectivity index (χ4v) is 3.28. The summed E-state index contributed by atoms with van der Waals surface area (Å²) in [6.45, 7) is 3.22. The number of hydrogen-bond donors (Lipinski definition) is 2. The first kappa shape index (κ1) is 16.8. The average Bonchev–Trinajstić information content (AvgIpc) is 3.08. The van der Waals surface area contributed by atoms with Gasteiger partial charge in [0.2, 0.25) is 0 Å². The molecule has 1 unspecified atom stereocenters. The molecule has 1 saturated heterocycles. The number of urea groups is 1. The van der Waals surface area contributed by atoms with Crippen molar-refractivity contribution in [3.8, 4) is 0 Å². The van der Waals surface area contributed by atoms with Gasteiger partial charge in [-0.05, 0) is 48.2 Å². The first-order valence-corrected chi connectivity index (χ1v) is 8.91. The minimum atomic E-state index is -0.118. The third-order valence-corrected chi connectivity index (χ3v) is 4.71. The van der Waals surface area contributed by atoms with Gasteiger partial charge >= 0.3 is 6.03 Å². The number of pyridine rings is 1. The van der Waals surface area contributed by atoms with Gasteiger partial charge in [-0.3, -0.25) is 4.98 Å². The van der Waals surface area contributed by atoms with Crippen molar-refractivity contribution < 1.29 is 4.79 Å². The van der Waals surface area contributed by atoms with Gasteiger partial charge in [-0.15, -0.1) is 0 Å². The van der Waals surface area contributed by atoms with E-state index in [9.17, 15) is 4.79 Å². The van der Waals surface area contributed by atoms with Crippen molar-refractivity contribution in [3.05, 3.63) is 58.8 Å². The van der Waals surface area contributed by atoms with Gasteiger partial charge in [-0.2, -0.15) is 0 Å². The molecule has 1 atom stereocenters. The van der Waals surface area contributed by atoms with Crippen LogP contribution in [-0.2, 0) is 6.54 Å². The normalized spacial score (nSPS) is 16.9. The first-order valence-electron chi connectivity index (χ1n) is 8.12. The lowest BCUT2D eigenvalue weighted by molar-refractivity contribution is 0.239. The van der Waals surface area contributed by atoms with Crippen LogP contribution in [0.25, 0.3) is 0 Å². The summed E-state index contributed by atoms with van der Waals surface area (Å²) in [6.07, 6.45) is 4.55. The Bertz CT molecular complexity index is 680. The predicted octanol–water partition coefficient (Wildman–Crippen LogP) is 3.17. The summed E-state index contributed by atoms with van der Waals surface area (Å²) in [6, 6.07) is 12.0. The van der Waals surface area contributed by atoms with E-state index in [-0.39, 0.29) is 6.03 Å². The van der Waals surface area contributed by atoms with Crippen LogP contribution in [0.1, 0.15) is 12.0 Å². The number of halogens is 1. The number of nitrogens with one attached hydrogen (secondary N) is 2. The number of aromatic nitrogens is 1. The summed E-state index contributed by atoms with van der Waals surface area (Å²) in [4.78, 5) is 18.2. The van der Waals surface area contributed by atoms with E-state index in [1.165, 1.54) is 5.69 Å². The number of rotatable bonds is 5. The Kier molecular flexibility index (Phi) is 5.69. The van der Waals surface area contributed by atoms with E-state index in [4.69, 9.17) is 0 Å². The van der Waals surface area contributed by atoms with E-state index < -0.39 is 0 Å². The van der Waals surface area contributed by atoms with Crippen LogP contribution in [0.2, 0.25) is 0 Å². The molecule has 1 aromatic heterocycles. The maximum atomic E-state index is 11.9. The van der Waals surface area contributed by atoms with E-state index in [0.717, 1.165) is 29.5 Å². The second-order valence-corrected chi connectivity index (χ2v) is 6.92. The SMILES string of the molecule is O=C(NCc1ccncc1)NCC1CCN(c2cccc(Br)c2)C1. The monoisotopic (exact) mass is 388 g/mol. The van der Waals surface area contributed by atoms with Crippen LogP contribution in [0.4, 0.5) is 10.5 Å². The molecule has 5 nitrogen and oxygen atoms in total. The molecule has 1 aliphatic heterocycles. The number of carbonyl (C=O) groups is 1. The molecule has 0 aliphatic carbocycles. The Balaban J connectivity index is 1.40. The van der Waals surface area contributed by atoms with Gasteiger partial charge in [0.05, 0.1) is 0 Å². The fraction of sp³-hybridized carbons (Fsp3) is 0.333. The summed E-state index contributed by atoms with van der Waals surface area (Å²) in [5, 5.41) is 5.85. The van der Waals surface area contributed by atoms with Crippen LogP contribution in [0.5, 0.6) is 0 Å². The molecule has 1 aromatic carbocycles. The van der Waals surface area contributed by atoms with Crippen LogP contribution in [-0.4, -0.2) is 30.6 Å². The van der Waals surface area contributed by atoms with Crippen molar-refractivity contribution in [2.75, 3.05) is 24.5 Å². The molecule has 6 heteroatoms. The van der Waals surface area contributed by atoms with Crippen molar-refractivity contribution >= 4 is 27.6 Å². The topological polar surface area (TPSA) is 57.3 Å². The van der Waals surface area contributed by atoms with E-state index >= 15 is 0 Å². The Hall–Kier alpha value is -2.08. The molecule has 0 saturated carbocycles. The van der Waals surface area contributed by atoms with Crippen molar-refractivity contribution in [2.24, 2.45) is 5.92 Å². The summed E-state index contributed by atoms with van der Waals surface area (Å²) >= 11 is 3.51. The van der Waals surface area contributed by atoms with Gasteiger partial charge in [0.25, 0.3) is 0 Å². The highest BCUT2D eigenvalue weighted by Gasteiger charge is 2.23. The zero-order valence-electron chi connectivity index (χ0n) is 13.4. The molecule has 0 radical (unpaired) electrons. The van der Waals surface area contributed by atoms with Crippen LogP contribution in [0.3, 0.4) is 0 Å². The van der Waals surface area contributed by atoms with Gasteiger partial charge in [-0.25, -0.2) is 4.79 Å². The van der Waals surface area contributed by atoms with Crippen molar-refractivity contribution in [1.29, 1.82) is 0 Å². The van der Waals surface area contributed by atoms with Crippen molar-refractivity contribution in [3.63, 3.8) is 0 Å². The van der Waals surface area contributed by atoms with E-state index in [0.29, 0.717) is 19.0 Å². The Morgan fingerprint density at radius 3 is 2.88 bits per heavy atom. The lowest BCUT2D eigenvalue weighted by atomic mass is 10.1. The lowest BCUT2D eigenvalue weighted by Crippen LogP contribution is -2.38. The lowest BCUT2D eigenvalue weighted by Gasteiger charge is -2.19. The van der Waals surface area contributed by atoms with Gasteiger partial charge in [0.15, 0.2) is 0 Å². The highest BCUT2D eigenvalue weighted by atomic mass is 79.9. The molecule has 3 rings (SSSR count). The molecular weight excluding hydrogens is 368 g/mol. The number of nitrogens with zero attached hydrogens (tertiary/aromatic N) is 2. The number of carbonyl (C=O) groups excluding carboxylic acids is 1. The molecular formula is C18H21BrN4O. The van der Waals surface area contributed by atoms with Gasteiger partial charge in [0, 0.05) is 48.7 Å². The molecule has 0 spiro atoms. The van der Waals surface area contributed by atoms with Crippen molar-refractivity contribution in [1.82, 2.24) is 15.6 Å². The van der Waals surface area contributed by atoms with E-state index in [1.54, 1.807) is 12.4 Å². The number of anilines is 1. The molecule has 126 valence electrons. The Labute approximate surface area is 150 Å². The summed E-state index contributed by atoms with van der Waals surface area (Å²) in [5.41, 5.74) is 2.27. The maximum Gasteiger partial charge on any atom is 0.315 e. The van der Waals surface area contributed by atoms with Crippen molar-refractivity contribution in [2.45, 2.75) is 13.0 Å². The molecule has 0 bridgehead atoms. The van der Waals surface area contributed by atoms with Crippen LogP contribution >= 0.6 is 15.9 Å². The highest BCUT2D eigenvalue weighted by molar-refractivity contribution is 9.10.